The van der Waals surface area contributed by atoms with Gasteiger partial charge in [-0.2, -0.15) is 0 Å². The van der Waals surface area contributed by atoms with Crippen LogP contribution in [0.2, 0.25) is 0 Å². The molecule has 0 bridgehead atoms. The SMILES string of the molecule is CCCCCNc1cc(NCCCCC)c([N+](=O)[O-])cn1. The predicted octanol–water partition coefficient (Wildman–Crippen LogP) is 4.19. The minimum Gasteiger partial charge on any atom is -0.379 e. The van der Waals surface area contributed by atoms with Gasteiger partial charge in [-0.1, -0.05) is 39.5 Å². The number of pyridine rings is 1. The van der Waals surface area contributed by atoms with Gasteiger partial charge in [0.15, 0.2) is 0 Å². The van der Waals surface area contributed by atoms with Gasteiger partial charge in [-0.25, -0.2) is 4.98 Å². The summed E-state index contributed by atoms with van der Waals surface area (Å²) >= 11 is 0. The molecule has 0 aliphatic rings. The molecular weight excluding hydrogens is 268 g/mol. The van der Waals surface area contributed by atoms with Crippen LogP contribution in [-0.4, -0.2) is 23.0 Å². The first-order valence-electron chi connectivity index (χ1n) is 7.81. The van der Waals surface area contributed by atoms with Crippen molar-refractivity contribution in [3.63, 3.8) is 0 Å². The van der Waals surface area contributed by atoms with E-state index in [-0.39, 0.29) is 5.69 Å². The smallest absolute Gasteiger partial charge is 0.310 e. The average Bonchev–Trinajstić information content (AvgIpc) is 2.48. The van der Waals surface area contributed by atoms with Gasteiger partial charge in [0.2, 0.25) is 0 Å². The Kier molecular flexibility index (Phi) is 8.16. The summed E-state index contributed by atoms with van der Waals surface area (Å²) in [6.45, 7) is 5.87. The lowest BCUT2D eigenvalue weighted by Crippen LogP contribution is -2.08. The first-order chi connectivity index (χ1) is 10.2. The maximum Gasteiger partial charge on any atom is 0.310 e. The van der Waals surface area contributed by atoms with Crippen molar-refractivity contribution in [1.82, 2.24) is 4.98 Å². The van der Waals surface area contributed by atoms with Crippen molar-refractivity contribution in [3.8, 4) is 0 Å². The van der Waals surface area contributed by atoms with Crippen LogP contribution in [0.15, 0.2) is 12.3 Å². The molecule has 2 N–H and O–H groups in total. The summed E-state index contributed by atoms with van der Waals surface area (Å²) in [4.78, 5) is 14.7. The zero-order chi connectivity index (χ0) is 15.5. The van der Waals surface area contributed by atoms with Crippen molar-refractivity contribution in [1.29, 1.82) is 0 Å². The number of nitrogens with one attached hydrogen (secondary N) is 2. The van der Waals surface area contributed by atoms with E-state index in [2.05, 4.69) is 29.5 Å². The van der Waals surface area contributed by atoms with Gasteiger partial charge in [0.05, 0.1) is 4.92 Å². The monoisotopic (exact) mass is 294 g/mol. The van der Waals surface area contributed by atoms with E-state index in [9.17, 15) is 10.1 Å². The highest BCUT2D eigenvalue weighted by atomic mass is 16.6. The minimum absolute atomic E-state index is 0.0330. The van der Waals surface area contributed by atoms with E-state index in [1.165, 1.54) is 19.0 Å². The number of aromatic nitrogens is 1. The van der Waals surface area contributed by atoms with Gasteiger partial charge < -0.3 is 10.6 Å². The van der Waals surface area contributed by atoms with E-state index >= 15 is 0 Å². The lowest BCUT2D eigenvalue weighted by molar-refractivity contribution is -0.384. The molecule has 6 heteroatoms. The molecule has 0 saturated heterocycles. The maximum atomic E-state index is 11.0. The van der Waals surface area contributed by atoms with E-state index in [0.29, 0.717) is 11.5 Å². The third kappa shape index (κ3) is 6.42. The average molecular weight is 294 g/mol. The largest absolute Gasteiger partial charge is 0.379 e. The van der Waals surface area contributed by atoms with Crippen molar-refractivity contribution in [2.24, 2.45) is 0 Å². The molecule has 0 spiro atoms. The molecule has 0 aliphatic heterocycles. The zero-order valence-electron chi connectivity index (χ0n) is 13.0. The van der Waals surface area contributed by atoms with Gasteiger partial charge in [0, 0.05) is 19.2 Å². The fourth-order valence-electron chi connectivity index (χ4n) is 2.02. The van der Waals surface area contributed by atoms with Gasteiger partial charge in [-0.05, 0) is 12.8 Å². The quantitative estimate of drug-likeness (QED) is 0.363. The Balaban J connectivity index is 2.64. The second-order valence-electron chi connectivity index (χ2n) is 5.11. The summed E-state index contributed by atoms with van der Waals surface area (Å²) in [6, 6.07) is 1.73. The summed E-state index contributed by atoms with van der Waals surface area (Å²) in [7, 11) is 0. The molecule has 6 nitrogen and oxygen atoms in total. The van der Waals surface area contributed by atoms with Crippen molar-refractivity contribution >= 4 is 17.2 Å². The van der Waals surface area contributed by atoms with Crippen molar-refractivity contribution in [2.45, 2.75) is 52.4 Å². The highest BCUT2D eigenvalue weighted by Crippen LogP contribution is 2.25. The van der Waals surface area contributed by atoms with Crippen molar-refractivity contribution < 1.29 is 4.92 Å². The van der Waals surface area contributed by atoms with E-state index in [0.717, 1.165) is 38.8 Å². The van der Waals surface area contributed by atoms with Gasteiger partial charge in [0.25, 0.3) is 0 Å². The summed E-state index contributed by atoms with van der Waals surface area (Å²) in [5.41, 5.74) is 0.578. The number of hydrogen-bond donors (Lipinski definition) is 2. The van der Waals surface area contributed by atoms with Crippen LogP contribution in [0.3, 0.4) is 0 Å². The maximum absolute atomic E-state index is 11.0. The first kappa shape index (κ1) is 17.2. The van der Waals surface area contributed by atoms with Crippen LogP contribution in [0.4, 0.5) is 17.2 Å². The molecule has 0 atom stereocenters. The molecule has 0 fully saturated rings. The van der Waals surface area contributed by atoms with Crippen LogP contribution in [0.25, 0.3) is 0 Å². The molecule has 0 unspecified atom stereocenters. The first-order valence-corrected chi connectivity index (χ1v) is 7.81. The van der Waals surface area contributed by atoms with E-state index in [1.807, 2.05) is 0 Å². The van der Waals surface area contributed by atoms with Crippen LogP contribution >= 0.6 is 0 Å². The summed E-state index contributed by atoms with van der Waals surface area (Å²) < 4.78 is 0. The second kappa shape index (κ2) is 9.96. The Bertz CT molecular complexity index is 438. The molecule has 1 aromatic rings. The zero-order valence-corrected chi connectivity index (χ0v) is 13.0. The Morgan fingerprint density at radius 1 is 1.10 bits per heavy atom. The van der Waals surface area contributed by atoms with Crippen LogP contribution < -0.4 is 10.6 Å². The molecule has 118 valence electrons. The second-order valence-corrected chi connectivity index (χ2v) is 5.11. The standard InChI is InChI=1S/C15H26N4O2/c1-3-5-7-9-16-13-11-15(17-10-8-6-4-2)18-12-14(13)19(20)21/h11-12H,3-10H2,1-2H3,(H2,16,17,18). The summed E-state index contributed by atoms with van der Waals surface area (Å²) in [5, 5.41) is 17.4. The Labute approximate surface area is 126 Å². The minimum atomic E-state index is -0.393. The number of anilines is 2. The molecule has 21 heavy (non-hydrogen) atoms. The van der Waals surface area contributed by atoms with Crippen LogP contribution in [0.5, 0.6) is 0 Å². The van der Waals surface area contributed by atoms with Gasteiger partial charge in [-0.15, -0.1) is 0 Å². The Morgan fingerprint density at radius 3 is 2.29 bits per heavy atom. The fourth-order valence-corrected chi connectivity index (χ4v) is 2.02. The topological polar surface area (TPSA) is 80.1 Å². The number of hydrogen-bond acceptors (Lipinski definition) is 5. The highest BCUT2D eigenvalue weighted by molar-refractivity contribution is 5.65. The summed E-state index contributed by atoms with van der Waals surface area (Å²) in [6.07, 6.45) is 7.99. The van der Waals surface area contributed by atoms with Crippen LogP contribution in [0.1, 0.15) is 52.4 Å². The van der Waals surface area contributed by atoms with E-state index in [1.54, 1.807) is 6.07 Å². The van der Waals surface area contributed by atoms with E-state index < -0.39 is 4.92 Å². The molecule has 1 rings (SSSR count). The van der Waals surface area contributed by atoms with Crippen LogP contribution in [0, 0.1) is 10.1 Å². The number of nitro groups is 1. The normalized spacial score (nSPS) is 10.4. The number of nitrogens with zero attached hydrogens (tertiary/aromatic N) is 2. The molecule has 0 aromatic carbocycles. The third-order valence-corrected chi connectivity index (χ3v) is 3.26. The van der Waals surface area contributed by atoms with E-state index in [4.69, 9.17) is 0 Å². The lowest BCUT2D eigenvalue weighted by Gasteiger charge is -2.10. The number of rotatable bonds is 11. The van der Waals surface area contributed by atoms with Gasteiger partial charge in [-0.3, -0.25) is 10.1 Å². The highest BCUT2D eigenvalue weighted by Gasteiger charge is 2.14. The fraction of sp³-hybridized carbons (Fsp3) is 0.667. The third-order valence-electron chi connectivity index (χ3n) is 3.26. The van der Waals surface area contributed by atoms with Crippen molar-refractivity contribution in [3.05, 3.63) is 22.4 Å². The molecule has 0 saturated carbocycles. The Hall–Kier alpha value is -1.85. The van der Waals surface area contributed by atoms with Gasteiger partial charge in [0.1, 0.15) is 17.7 Å². The molecule has 1 aromatic heterocycles. The lowest BCUT2D eigenvalue weighted by atomic mass is 10.2. The van der Waals surface area contributed by atoms with Crippen molar-refractivity contribution in [2.75, 3.05) is 23.7 Å². The van der Waals surface area contributed by atoms with Crippen LogP contribution in [-0.2, 0) is 0 Å². The molecule has 0 aliphatic carbocycles. The predicted molar refractivity (Wildman–Crippen MR) is 86.9 cm³/mol. The number of unbranched alkanes of at least 4 members (excludes halogenated alkanes) is 4. The Morgan fingerprint density at radius 2 is 1.71 bits per heavy atom. The molecular formula is C15H26N4O2. The molecule has 0 radical (unpaired) electrons. The van der Waals surface area contributed by atoms with Gasteiger partial charge >= 0.3 is 5.69 Å². The molecule has 0 amide bonds. The summed E-state index contributed by atoms with van der Waals surface area (Å²) in [5.74, 6) is 0.690. The molecule has 1 heterocycles.